The number of hydrogen-bond donors (Lipinski definition) is 1. The van der Waals surface area contributed by atoms with Gasteiger partial charge >= 0.3 is 0 Å². The van der Waals surface area contributed by atoms with Crippen molar-refractivity contribution in [2.45, 2.75) is 20.8 Å². The zero-order valence-electron chi connectivity index (χ0n) is 8.39. The molecule has 0 unspecified atom stereocenters. The maximum Gasteiger partial charge on any atom is 0.0614 e. The SMILES string of the molecule is CC(C)=CC(=N)c1ccccc1C. The van der Waals surface area contributed by atoms with Crippen LogP contribution in [0.1, 0.15) is 25.0 Å². The summed E-state index contributed by atoms with van der Waals surface area (Å²) in [5.74, 6) is 0. The lowest BCUT2D eigenvalue weighted by Crippen LogP contribution is -1.97. The molecule has 0 spiro atoms. The van der Waals surface area contributed by atoms with Crippen LogP contribution < -0.4 is 0 Å². The second-order valence-electron chi connectivity index (χ2n) is 3.45. The number of benzene rings is 1. The molecule has 13 heavy (non-hydrogen) atoms. The van der Waals surface area contributed by atoms with Gasteiger partial charge in [0.2, 0.25) is 0 Å². The van der Waals surface area contributed by atoms with Gasteiger partial charge in [-0.3, -0.25) is 0 Å². The average Bonchev–Trinajstić information content (AvgIpc) is 2.03. The quantitative estimate of drug-likeness (QED) is 0.663. The molecule has 0 radical (unpaired) electrons. The van der Waals surface area contributed by atoms with Crippen LogP contribution in [0.15, 0.2) is 35.9 Å². The molecule has 1 aromatic rings. The van der Waals surface area contributed by atoms with E-state index in [0.717, 1.165) is 16.7 Å². The van der Waals surface area contributed by atoms with E-state index < -0.39 is 0 Å². The Morgan fingerprint density at radius 3 is 2.38 bits per heavy atom. The van der Waals surface area contributed by atoms with Crippen molar-refractivity contribution in [2.75, 3.05) is 0 Å². The lowest BCUT2D eigenvalue weighted by molar-refractivity contribution is 1.37. The van der Waals surface area contributed by atoms with Crippen molar-refractivity contribution < 1.29 is 0 Å². The van der Waals surface area contributed by atoms with E-state index in [1.165, 1.54) is 0 Å². The topological polar surface area (TPSA) is 23.9 Å². The normalized spacial score (nSPS) is 9.46. The highest BCUT2D eigenvalue weighted by Crippen LogP contribution is 2.09. The minimum Gasteiger partial charge on any atom is -0.300 e. The second-order valence-corrected chi connectivity index (χ2v) is 3.45. The Balaban J connectivity index is 3.03. The molecule has 0 atom stereocenters. The first kappa shape index (κ1) is 9.72. The van der Waals surface area contributed by atoms with Crippen LogP contribution in [0.25, 0.3) is 0 Å². The smallest absolute Gasteiger partial charge is 0.0614 e. The molecule has 0 fully saturated rings. The second kappa shape index (κ2) is 4.04. The number of nitrogens with one attached hydrogen (secondary N) is 1. The number of hydrogen-bond acceptors (Lipinski definition) is 1. The van der Waals surface area contributed by atoms with Gasteiger partial charge in [0.15, 0.2) is 0 Å². The Morgan fingerprint density at radius 2 is 1.85 bits per heavy atom. The molecule has 0 heterocycles. The minimum absolute atomic E-state index is 0.595. The summed E-state index contributed by atoms with van der Waals surface area (Å²) in [6.45, 7) is 6.04. The monoisotopic (exact) mass is 173 g/mol. The van der Waals surface area contributed by atoms with E-state index in [1.54, 1.807) is 0 Å². The van der Waals surface area contributed by atoms with Gasteiger partial charge in [0.05, 0.1) is 5.71 Å². The van der Waals surface area contributed by atoms with Crippen LogP contribution in [-0.4, -0.2) is 5.71 Å². The van der Waals surface area contributed by atoms with Gasteiger partial charge in [-0.05, 0) is 32.4 Å². The Labute approximate surface area is 79.6 Å². The summed E-state index contributed by atoms with van der Waals surface area (Å²) in [5, 5.41) is 7.82. The van der Waals surface area contributed by atoms with Crippen molar-refractivity contribution in [3.63, 3.8) is 0 Å². The van der Waals surface area contributed by atoms with E-state index in [2.05, 4.69) is 0 Å². The summed E-state index contributed by atoms with van der Waals surface area (Å²) in [5.41, 5.74) is 3.93. The molecule has 68 valence electrons. The number of allylic oxidation sites excluding steroid dienone is 2. The highest BCUT2D eigenvalue weighted by Gasteiger charge is 2.00. The van der Waals surface area contributed by atoms with E-state index in [4.69, 9.17) is 5.41 Å². The summed E-state index contributed by atoms with van der Waals surface area (Å²) in [6.07, 6.45) is 1.89. The van der Waals surface area contributed by atoms with Crippen molar-refractivity contribution in [1.29, 1.82) is 5.41 Å². The molecular weight excluding hydrogens is 158 g/mol. The molecule has 1 aromatic carbocycles. The maximum atomic E-state index is 7.82. The molecular formula is C12H15N. The Bertz CT molecular complexity index is 344. The number of aryl methyl sites for hydroxylation is 1. The van der Waals surface area contributed by atoms with Crippen LogP contribution in [-0.2, 0) is 0 Å². The predicted octanol–water partition coefficient (Wildman–Crippen LogP) is 3.33. The first-order valence-electron chi connectivity index (χ1n) is 4.40. The highest BCUT2D eigenvalue weighted by atomic mass is 14.4. The highest BCUT2D eigenvalue weighted by molar-refractivity contribution is 6.07. The van der Waals surface area contributed by atoms with E-state index >= 15 is 0 Å². The summed E-state index contributed by atoms with van der Waals surface area (Å²) < 4.78 is 0. The molecule has 1 nitrogen and oxygen atoms in total. The van der Waals surface area contributed by atoms with Crippen LogP contribution in [0.4, 0.5) is 0 Å². The van der Waals surface area contributed by atoms with Gasteiger partial charge in [-0.2, -0.15) is 0 Å². The van der Waals surface area contributed by atoms with Crippen molar-refractivity contribution >= 4 is 5.71 Å². The Hall–Kier alpha value is -1.37. The van der Waals surface area contributed by atoms with Gasteiger partial charge in [0, 0.05) is 5.56 Å². The van der Waals surface area contributed by atoms with Gasteiger partial charge in [0.25, 0.3) is 0 Å². The van der Waals surface area contributed by atoms with E-state index in [0.29, 0.717) is 5.71 Å². The molecule has 0 aliphatic carbocycles. The van der Waals surface area contributed by atoms with Gasteiger partial charge in [0.1, 0.15) is 0 Å². The molecule has 0 aliphatic heterocycles. The zero-order chi connectivity index (χ0) is 9.84. The third-order valence-electron chi connectivity index (χ3n) is 1.87. The molecule has 0 amide bonds. The summed E-state index contributed by atoms with van der Waals surface area (Å²) in [7, 11) is 0. The molecule has 0 aromatic heterocycles. The Morgan fingerprint density at radius 1 is 1.23 bits per heavy atom. The Kier molecular flexibility index (Phi) is 3.02. The lowest BCUT2D eigenvalue weighted by Gasteiger charge is -2.03. The van der Waals surface area contributed by atoms with Crippen LogP contribution in [0.5, 0.6) is 0 Å². The van der Waals surface area contributed by atoms with Crippen molar-refractivity contribution in [1.82, 2.24) is 0 Å². The molecule has 1 N–H and O–H groups in total. The number of rotatable bonds is 2. The van der Waals surface area contributed by atoms with Crippen LogP contribution in [0.2, 0.25) is 0 Å². The van der Waals surface area contributed by atoms with Crippen molar-refractivity contribution in [2.24, 2.45) is 0 Å². The van der Waals surface area contributed by atoms with Gasteiger partial charge in [-0.15, -0.1) is 0 Å². The lowest BCUT2D eigenvalue weighted by atomic mass is 10.0. The molecule has 0 bridgehead atoms. The van der Waals surface area contributed by atoms with Crippen LogP contribution in [0, 0.1) is 12.3 Å². The molecule has 0 saturated carbocycles. The fourth-order valence-corrected chi connectivity index (χ4v) is 1.24. The standard InChI is InChI=1S/C12H15N/c1-9(2)8-12(13)11-7-5-4-6-10(11)3/h4-8,13H,1-3H3. The maximum absolute atomic E-state index is 7.82. The van der Waals surface area contributed by atoms with Crippen LogP contribution in [0.3, 0.4) is 0 Å². The summed E-state index contributed by atoms with van der Waals surface area (Å²) in [6, 6.07) is 7.98. The van der Waals surface area contributed by atoms with E-state index in [1.807, 2.05) is 51.1 Å². The zero-order valence-corrected chi connectivity index (χ0v) is 8.39. The molecule has 1 heteroatoms. The fraction of sp³-hybridized carbons (Fsp3) is 0.250. The summed E-state index contributed by atoms with van der Waals surface area (Å²) >= 11 is 0. The van der Waals surface area contributed by atoms with E-state index in [-0.39, 0.29) is 0 Å². The third kappa shape index (κ3) is 2.55. The predicted molar refractivity (Wildman–Crippen MR) is 57.4 cm³/mol. The molecule has 0 aliphatic rings. The van der Waals surface area contributed by atoms with Gasteiger partial charge < -0.3 is 5.41 Å². The third-order valence-corrected chi connectivity index (χ3v) is 1.87. The molecule has 0 saturated heterocycles. The minimum atomic E-state index is 0.595. The van der Waals surface area contributed by atoms with Gasteiger partial charge in [-0.25, -0.2) is 0 Å². The van der Waals surface area contributed by atoms with Crippen molar-refractivity contribution in [3.8, 4) is 0 Å². The van der Waals surface area contributed by atoms with Gasteiger partial charge in [-0.1, -0.05) is 29.8 Å². The van der Waals surface area contributed by atoms with E-state index in [9.17, 15) is 0 Å². The first-order chi connectivity index (χ1) is 6.11. The summed E-state index contributed by atoms with van der Waals surface area (Å²) in [4.78, 5) is 0. The average molecular weight is 173 g/mol. The first-order valence-corrected chi connectivity index (χ1v) is 4.40. The van der Waals surface area contributed by atoms with Crippen LogP contribution >= 0.6 is 0 Å². The fourth-order valence-electron chi connectivity index (χ4n) is 1.24. The molecule has 1 rings (SSSR count). The largest absolute Gasteiger partial charge is 0.300 e. The van der Waals surface area contributed by atoms with Crippen molar-refractivity contribution in [3.05, 3.63) is 47.0 Å².